The van der Waals surface area contributed by atoms with Gasteiger partial charge < -0.3 is 5.73 Å². The zero-order valence-corrected chi connectivity index (χ0v) is 14.1. The summed E-state index contributed by atoms with van der Waals surface area (Å²) in [5, 5.41) is 2.80. The van der Waals surface area contributed by atoms with E-state index in [4.69, 9.17) is 5.73 Å². The van der Waals surface area contributed by atoms with Crippen LogP contribution in [0.4, 0.5) is 0 Å². The molecule has 23 heavy (non-hydrogen) atoms. The molecule has 2 heteroatoms. The van der Waals surface area contributed by atoms with Gasteiger partial charge in [-0.3, -0.25) is 0 Å². The van der Waals surface area contributed by atoms with E-state index in [1.54, 1.807) is 0 Å². The van der Waals surface area contributed by atoms with Gasteiger partial charge in [0.25, 0.3) is 0 Å². The maximum Gasteiger partial charge on any atom is 0.0125 e. The van der Waals surface area contributed by atoms with Crippen molar-refractivity contribution in [2.24, 2.45) is 5.73 Å². The number of hydrogen-bond donors (Lipinski definition) is 1. The fourth-order valence-electron chi connectivity index (χ4n) is 2.79. The lowest BCUT2D eigenvalue weighted by atomic mass is 10.1. The van der Waals surface area contributed by atoms with Crippen molar-refractivity contribution in [3.8, 4) is 0 Å². The molecule has 0 aliphatic rings. The van der Waals surface area contributed by atoms with Crippen molar-refractivity contribution in [3.05, 3.63) is 96.6 Å². The first-order chi connectivity index (χ1) is 11.3. The molecule has 0 bridgehead atoms. The Kier molecular flexibility index (Phi) is 5.58. The zero-order valence-electron chi connectivity index (χ0n) is 13.2. The Bertz CT molecular complexity index is 658. The minimum absolute atomic E-state index is 0.170. The summed E-state index contributed by atoms with van der Waals surface area (Å²) < 4.78 is 0. The SMILES string of the molecule is NC(Cc1ccccc1)CP(c1ccccc1)c1ccccc1. The number of rotatable bonds is 6. The molecule has 3 rings (SSSR count). The van der Waals surface area contributed by atoms with E-state index in [0.717, 1.165) is 12.6 Å². The van der Waals surface area contributed by atoms with Crippen LogP contribution in [0.25, 0.3) is 0 Å². The van der Waals surface area contributed by atoms with Crippen LogP contribution >= 0.6 is 7.92 Å². The molecule has 0 amide bonds. The van der Waals surface area contributed by atoms with Crippen LogP contribution in [0.5, 0.6) is 0 Å². The monoisotopic (exact) mass is 319 g/mol. The Labute approximate surface area is 139 Å². The van der Waals surface area contributed by atoms with Gasteiger partial charge in [0.05, 0.1) is 0 Å². The van der Waals surface area contributed by atoms with E-state index in [9.17, 15) is 0 Å². The molecule has 0 saturated heterocycles. The molecule has 0 fully saturated rings. The van der Waals surface area contributed by atoms with Gasteiger partial charge in [-0.15, -0.1) is 0 Å². The summed E-state index contributed by atoms with van der Waals surface area (Å²) in [6.07, 6.45) is 1.94. The Morgan fingerprint density at radius 1 is 0.652 bits per heavy atom. The van der Waals surface area contributed by atoms with Crippen molar-refractivity contribution in [1.82, 2.24) is 0 Å². The van der Waals surface area contributed by atoms with Crippen LogP contribution in [-0.2, 0) is 6.42 Å². The van der Waals surface area contributed by atoms with Crippen LogP contribution in [0.1, 0.15) is 5.56 Å². The molecule has 0 spiro atoms. The second-order valence-electron chi connectivity index (χ2n) is 5.73. The molecule has 2 N–H and O–H groups in total. The molecule has 3 aromatic carbocycles. The van der Waals surface area contributed by atoms with Crippen molar-refractivity contribution in [1.29, 1.82) is 0 Å². The van der Waals surface area contributed by atoms with Gasteiger partial charge in [0.15, 0.2) is 0 Å². The van der Waals surface area contributed by atoms with Crippen molar-refractivity contribution in [2.75, 3.05) is 6.16 Å². The van der Waals surface area contributed by atoms with E-state index in [-0.39, 0.29) is 6.04 Å². The molecule has 0 aliphatic heterocycles. The van der Waals surface area contributed by atoms with Gasteiger partial charge in [-0.05, 0) is 36.7 Å². The van der Waals surface area contributed by atoms with E-state index in [1.807, 2.05) is 0 Å². The first kappa shape index (κ1) is 15.9. The molecule has 116 valence electrons. The topological polar surface area (TPSA) is 26.0 Å². The van der Waals surface area contributed by atoms with Crippen molar-refractivity contribution in [3.63, 3.8) is 0 Å². The van der Waals surface area contributed by atoms with Crippen molar-refractivity contribution < 1.29 is 0 Å². The summed E-state index contributed by atoms with van der Waals surface area (Å²) in [6, 6.07) is 32.3. The lowest BCUT2D eigenvalue weighted by Crippen LogP contribution is -2.30. The lowest BCUT2D eigenvalue weighted by molar-refractivity contribution is 0.746. The highest BCUT2D eigenvalue weighted by Gasteiger charge is 2.17. The molecule has 1 atom stereocenters. The first-order valence-electron chi connectivity index (χ1n) is 8.00. The first-order valence-corrected chi connectivity index (χ1v) is 9.53. The molecule has 0 aliphatic carbocycles. The fourth-order valence-corrected chi connectivity index (χ4v) is 5.17. The Hall–Kier alpha value is -1.95. The van der Waals surface area contributed by atoms with Gasteiger partial charge in [0, 0.05) is 6.04 Å². The number of hydrogen-bond acceptors (Lipinski definition) is 1. The average molecular weight is 319 g/mol. The van der Waals surface area contributed by atoms with E-state index < -0.39 is 7.92 Å². The number of benzene rings is 3. The van der Waals surface area contributed by atoms with Gasteiger partial charge in [-0.25, -0.2) is 0 Å². The Morgan fingerprint density at radius 2 is 1.09 bits per heavy atom. The van der Waals surface area contributed by atoms with Crippen molar-refractivity contribution >= 4 is 18.5 Å². The van der Waals surface area contributed by atoms with Crippen LogP contribution in [0.2, 0.25) is 0 Å². The second kappa shape index (κ2) is 8.06. The Morgan fingerprint density at radius 3 is 1.57 bits per heavy atom. The standard InChI is InChI=1S/C21H22NP/c22-19(16-18-10-4-1-5-11-18)17-23(20-12-6-2-7-13-20)21-14-8-3-9-15-21/h1-15,19H,16-17,22H2. The summed E-state index contributed by atoms with van der Waals surface area (Å²) in [7, 11) is -0.411. The zero-order chi connectivity index (χ0) is 15.9. The molecule has 3 aromatic rings. The molecule has 0 aromatic heterocycles. The largest absolute Gasteiger partial charge is 0.327 e. The summed E-state index contributed by atoms with van der Waals surface area (Å²) in [5.74, 6) is 0. The highest BCUT2D eigenvalue weighted by molar-refractivity contribution is 7.73. The molecule has 1 nitrogen and oxygen atoms in total. The molecule has 0 heterocycles. The third-order valence-corrected chi connectivity index (χ3v) is 6.57. The Balaban J connectivity index is 1.79. The summed E-state index contributed by atoms with van der Waals surface area (Å²) >= 11 is 0. The average Bonchev–Trinajstić information content (AvgIpc) is 2.62. The van der Waals surface area contributed by atoms with E-state index in [1.165, 1.54) is 16.2 Å². The van der Waals surface area contributed by atoms with Crippen molar-refractivity contribution in [2.45, 2.75) is 12.5 Å². The minimum Gasteiger partial charge on any atom is -0.327 e. The molecule has 0 radical (unpaired) electrons. The predicted molar refractivity (Wildman–Crippen MR) is 102 cm³/mol. The molecule has 1 unspecified atom stereocenters. The van der Waals surface area contributed by atoms with Gasteiger partial charge in [-0.1, -0.05) is 91.0 Å². The minimum atomic E-state index is -0.411. The number of nitrogens with two attached hydrogens (primary N) is 1. The van der Waals surface area contributed by atoms with Gasteiger partial charge in [0.2, 0.25) is 0 Å². The quantitative estimate of drug-likeness (QED) is 0.689. The highest BCUT2D eigenvalue weighted by atomic mass is 31.1. The van der Waals surface area contributed by atoms with Gasteiger partial charge in [0.1, 0.15) is 0 Å². The fraction of sp³-hybridized carbons (Fsp3) is 0.143. The van der Waals surface area contributed by atoms with Crippen LogP contribution in [-0.4, -0.2) is 12.2 Å². The maximum absolute atomic E-state index is 6.50. The summed E-state index contributed by atoms with van der Waals surface area (Å²) in [4.78, 5) is 0. The smallest absolute Gasteiger partial charge is 0.0125 e. The summed E-state index contributed by atoms with van der Waals surface area (Å²) in [5.41, 5.74) is 7.81. The second-order valence-corrected chi connectivity index (χ2v) is 7.99. The molecular formula is C21H22NP. The van der Waals surface area contributed by atoms with E-state index >= 15 is 0 Å². The normalized spacial score (nSPS) is 12.3. The van der Waals surface area contributed by atoms with Crippen LogP contribution in [0.3, 0.4) is 0 Å². The molecule has 0 saturated carbocycles. The third-order valence-electron chi connectivity index (χ3n) is 3.89. The van der Waals surface area contributed by atoms with Crippen LogP contribution < -0.4 is 16.3 Å². The molecular weight excluding hydrogens is 297 g/mol. The van der Waals surface area contributed by atoms with E-state index in [0.29, 0.717) is 0 Å². The van der Waals surface area contributed by atoms with E-state index in [2.05, 4.69) is 91.0 Å². The van der Waals surface area contributed by atoms with Crippen LogP contribution in [0, 0.1) is 0 Å². The third kappa shape index (κ3) is 4.51. The summed E-state index contributed by atoms with van der Waals surface area (Å²) in [6.45, 7) is 0. The van der Waals surface area contributed by atoms with Gasteiger partial charge >= 0.3 is 0 Å². The maximum atomic E-state index is 6.50. The van der Waals surface area contributed by atoms with Crippen LogP contribution in [0.15, 0.2) is 91.0 Å². The highest BCUT2D eigenvalue weighted by Crippen LogP contribution is 2.34. The predicted octanol–water partition coefficient (Wildman–Crippen LogP) is 3.69. The van der Waals surface area contributed by atoms with Gasteiger partial charge in [-0.2, -0.15) is 0 Å². The lowest BCUT2D eigenvalue weighted by Gasteiger charge is -2.22.